The van der Waals surface area contributed by atoms with Crippen molar-refractivity contribution < 1.29 is 13.9 Å². The van der Waals surface area contributed by atoms with Crippen molar-refractivity contribution in [1.82, 2.24) is 0 Å². The summed E-state index contributed by atoms with van der Waals surface area (Å²) in [7, 11) is 0. The van der Waals surface area contributed by atoms with Crippen molar-refractivity contribution in [1.29, 1.82) is 0 Å². The Morgan fingerprint density at radius 2 is 1.95 bits per heavy atom. The van der Waals surface area contributed by atoms with Gasteiger partial charge in [-0.1, -0.05) is 12.8 Å². The molecule has 1 aliphatic carbocycles. The van der Waals surface area contributed by atoms with Gasteiger partial charge in [0.15, 0.2) is 0 Å². The van der Waals surface area contributed by atoms with Crippen molar-refractivity contribution in [2.75, 3.05) is 18.5 Å². The minimum absolute atomic E-state index is 0.0314. The van der Waals surface area contributed by atoms with Crippen molar-refractivity contribution in [3.8, 4) is 0 Å². The lowest BCUT2D eigenvalue weighted by Crippen LogP contribution is -2.42. The number of carbonyl (C=O) groups excluding carboxylic acids is 1. The summed E-state index contributed by atoms with van der Waals surface area (Å²) in [5.41, 5.74) is 6.40. The first kappa shape index (κ1) is 14.0. The average molecular weight is 266 g/mol. The van der Waals surface area contributed by atoms with Crippen LogP contribution in [0.5, 0.6) is 0 Å². The van der Waals surface area contributed by atoms with Crippen LogP contribution in [0.25, 0.3) is 0 Å². The zero-order valence-corrected chi connectivity index (χ0v) is 10.8. The second-order valence-corrected chi connectivity index (χ2v) is 5.12. The monoisotopic (exact) mass is 266 g/mol. The molecule has 19 heavy (non-hydrogen) atoms. The Bertz CT molecular complexity index is 428. The van der Waals surface area contributed by atoms with E-state index < -0.39 is 0 Å². The fraction of sp³-hybridized carbons (Fsp3) is 0.500. The molecule has 2 rings (SSSR count). The fourth-order valence-electron chi connectivity index (χ4n) is 2.30. The molecule has 1 amide bonds. The van der Waals surface area contributed by atoms with Crippen LogP contribution in [0.4, 0.5) is 10.1 Å². The summed E-state index contributed by atoms with van der Waals surface area (Å²) in [6.07, 6.45) is 4.16. The minimum atomic E-state index is -0.333. The van der Waals surface area contributed by atoms with E-state index in [1.807, 2.05) is 0 Å². The van der Waals surface area contributed by atoms with Crippen LogP contribution in [0.3, 0.4) is 0 Å². The predicted molar refractivity (Wildman–Crippen MR) is 71.2 cm³/mol. The van der Waals surface area contributed by atoms with Crippen LogP contribution in [0.15, 0.2) is 24.3 Å². The third-order valence-electron chi connectivity index (χ3n) is 3.35. The molecule has 1 aliphatic rings. The number of anilines is 1. The first-order valence-electron chi connectivity index (χ1n) is 6.49. The largest absolute Gasteiger partial charge is 0.370 e. The Morgan fingerprint density at radius 3 is 2.58 bits per heavy atom. The van der Waals surface area contributed by atoms with E-state index in [0.717, 1.165) is 25.7 Å². The Kier molecular flexibility index (Phi) is 4.50. The molecule has 0 saturated heterocycles. The SMILES string of the molecule is NC1(COCC(=O)Nc2ccc(F)cc2)CCCC1. The molecule has 0 spiro atoms. The van der Waals surface area contributed by atoms with Crippen molar-refractivity contribution in [3.05, 3.63) is 30.1 Å². The summed E-state index contributed by atoms with van der Waals surface area (Å²) < 4.78 is 18.1. The zero-order chi connectivity index (χ0) is 13.7. The Hall–Kier alpha value is -1.46. The van der Waals surface area contributed by atoms with Gasteiger partial charge in [0.25, 0.3) is 0 Å². The normalized spacial score (nSPS) is 17.4. The maximum Gasteiger partial charge on any atom is 0.250 e. The molecule has 1 aromatic rings. The summed E-state index contributed by atoms with van der Waals surface area (Å²) >= 11 is 0. The van der Waals surface area contributed by atoms with Gasteiger partial charge in [-0.05, 0) is 37.1 Å². The van der Waals surface area contributed by atoms with Crippen LogP contribution in [0.2, 0.25) is 0 Å². The lowest BCUT2D eigenvalue weighted by atomic mass is 10.0. The summed E-state index contributed by atoms with van der Waals surface area (Å²) in [6, 6.07) is 5.61. The van der Waals surface area contributed by atoms with E-state index in [4.69, 9.17) is 10.5 Å². The van der Waals surface area contributed by atoms with Crippen LogP contribution in [0.1, 0.15) is 25.7 Å². The molecule has 3 N–H and O–H groups in total. The smallest absolute Gasteiger partial charge is 0.250 e. The van der Waals surface area contributed by atoms with Gasteiger partial charge in [0.1, 0.15) is 12.4 Å². The summed E-state index contributed by atoms with van der Waals surface area (Å²) in [5.74, 6) is -0.589. The molecule has 0 aliphatic heterocycles. The number of hydrogen-bond donors (Lipinski definition) is 2. The molecule has 0 bridgehead atoms. The third-order valence-corrected chi connectivity index (χ3v) is 3.35. The maximum absolute atomic E-state index is 12.7. The van der Waals surface area contributed by atoms with Crippen molar-refractivity contribution in [3.63, 3.8) is 0 Å². The number of carbonyl (C=O) groups is 1. The van der Waals surface area contributed by atoms with E-state index in [2.05, 4.69) is 5.32 Å². The van der Waals surface area contributed by atoms with Gasteiger partial charge in [0.2, 0.25) is 5.91 Å². The maximum atomic E-state index is 12.7. The van der Waals surface area contributed by atoms with Crippen molar-refractivity contribution in [2.45, 2.75) is 31.2 Å². The molecule has 0 unspecified atom stereocenters. The third kappa shape index (κ3) is 4.29. The number of hydrogen-bond acceptors (Lipinski definition) is 3. The lowest BCUT2D eigenvalue weighted by Gasteiger charge is -2.22. The van der Waals surface area contributed by atoms with Gasteiger partial charge >= 0.3 is 0 Å². The van der Waals surface area contributed by atoms with Crippen LogP contribution in [-0.4, -0.2) is 24.7 Å². The van der Waals surface area contributed by atoms with Gasteiger partial charge < -0.3 is 15.8 Å². The second-order valence-electron chi connectivity index (χ2n) is 5.12. The summed E-state index contributed by atoms with van der Waals surface area (Å²) in [4.78, 5) is 11.6. The van der Waals surface area contributed by atoms with Gasteiger partial charge in [0.05, 0.1) is 6.61 Å². The number of benzene rings is 1. The van der Waals surface area contributed by atoms with Gasteiger partial charge in [0, 0.05) is 11.2 Å². The second kappa shape index (κ2) is 6.12. The molecule has 1 aromatic carbocycles. The van der Waals surface area contributed by atoms with Crippen LogP contribution >= 0.6 is 0 Å². The van der Waals surface area contributed by atoms with E-state index in [1.165, 1.54) is 24.3 Å². The highest BCUT2D eigenvalue weighted by Crippen LogP contribution is 2.27. The van der Waals surface area contributed by atoms with Crippen LogP contribution in [-0.2, 0) is 9.53 Å². The quantitative estimate of drug-likeness (QED) is 0.857. The highest BCUT2D eigenvalue weighted by molar-refractivity contribution is 5.91. The fourth-order valence-corrected chi connectivity index (χ4v) is 2.30. The Morgan fingerprint density at radius 1 is 1.32 bits per heavy atom. The summed E-state index contributed by atoms with van der Waals surface area (Å²) in [6.45, 7) is 0.375. The molecular formula is C14H19FN2O2. The van der Waals surface area contributed by atoms with E-state index >= 15 is 0 Å². The van der Waals surface area contributed by atoms with Crippen LogP contribution in [0, 0.1) is 5.82 Å². The first-order valence-corrected chi connectivity index (χ1v) is 6.49. The van der Waals surface area contributed by atoms with Gasteiger partial charge in [-0.25, -0.2) is 4.39 Å². The predicted octanol–water partition coefficient (Wildman–Crippen LogP) is 2.05. The Balaban J connectivity index is 1.71. The number of rotatable bonds is 5. The minimum Gasteiger partial charge on any atom is -0.370 e. The number of amides is 1. The molecule has 104 valence electrons. The molecule has 4 nitrogen and oxygen atoms in total. The molecule has 0 aromatic heterocycles. The molecule has 5 heteroatoms. The van der Waals surface area contributed by atoms with E-state index in [1.54, 1.807) is 0 Å². The molecular weight excluding hydrogens is 247 g/mol. The first-order chi connectivity index (χ1) is 9.07. The van der Waals surface area contributed by atoms with Gasteiger partial charge in [-0.2, -0.15) is 0 Å². The van der Waals surface area contributed by atoms with Crippen LogP contribution < -0.4 is 11.1 Å². The van der Waals surface area contributed by atoms with Crippen molar-refractivity contribution in [2.24, 2.45) is 5.73 Å². The topological polar surface area (TPSA) is 64.3 Å². The highest BCUT2D eigenvalue weighted by Gasteiger charge is 2.29. The molecule has 1 saturated carbocycles. The van der Waals surface area contributed by atoms with Gasteiger partial charge in [-0.3, -0.25) is 4.79 Å². The molecule has 1 fully saturated rings. The van der Waals surface area contributed by atoms with Crippen molar-refractivity contribution >= 4 is 11.6 Å². The number of nitrogens with two attached hydrogens (primary N) is 1. The number of nitrogens with one attached hydrogen (secondary N) is 1. The highest BCUT2D eigenvalue weighted by atomic mass is 19.1. The Labute approximate surface area is 112 Å². The van der Waals surface area contributed by atoms with E-state index in [0.29, 0.717) is 12.3 Å². The standard InChI is InChI=1S/C14H19FN2O2/c15-11-3-5-12(6-4-11)17-13(18)9-19-10-14(16)7-1-2-8-14/h3-6H,1-2,7-10,16H2,(H,17,18). The van der Waals surface area contributed by atoms with E-state index in [9.17, 15) is 9.18 Å². The molecule has 0 atom stereocenters. The number of ether oxygens (including phenoxy) is 1. The van der Waals surface area contributed by atoms with E-state index in [-0.39, 0.29) is 23.9 Å². The average Bonchev–Trinajstić information content (AvgIpc) is 2.79. The summed E-state index contributed by atoms with van der Waals surface area (Å²) in [5, 5.41) is 2.64. The molecule has 0 radical (unpaired) electrons. The van der Waals surface area contributed by atoms with Gasteiger partial charge in [-0.15, -0.1) is 0 Å². The molecule has 0 heterocycles. The lowest BCUT2D eigenvalue weighted by molar-refractivity contribution is -0.121. The number of halogens is 1. The zero-order valence-electron chi connectivity index (χ0n) is 10.8.